The molecule has 0 saturated carbocycles. The van der Waals surface area contributed by atoms with Gasteiger partial charge in [0, 0.05) is 12.5 Å². The van der Waals surface area contributed by atoms with E-state index < -0.39 is 0 Å². The fourth-order valence-electron chi connectivity index (χ4n) is 2.47. The van der Waals surface area contributed by atoms with Crippen molar-refractivity contribution in [1.29, 1.82) is 0 Å². The smallest absolute Gasteiger partial charge is 0.308 e. The van der Waals surface area contributed by atoms with E-state index in [9.17, 15) is 4.79 Å². The molecule has 1 aliphatic rings. The van der Waals surface area contributed by atoms with Crippen LogP contribution >= 0.6 is 0 Å². The number of hydrogen-bond acceptors (Lipinski definition) is 4. The Balaban J connectivity index is 2.11. The first-order valence-electron chi connectivity index (χ1n) is 7.17. The van der Waals surface area contributed by atoms with E-state index in [2.05, 4.69) is 17.4 Å². The summed E-state index contributed by atoms with van der Waals surface area (Å²) in [7, 11) is 1.66. The van der Waals surface area contributed by atoms with E-state index in [0.717, 1.165) is 25.3 Å². The molecule has 1 aliphatic heterocycles. The summed E-state index contributed by atoms with van der Waals surface area (Å²) in [6.07, 6.45) is 0.884. The highest BCUT2D eigenvalue weighted by Crippen LogP contribution is 2.29. The first-order chi connectivity index (χ1) is 9.61. The first-order valence-corrected chi connectivity index (χ1v) is 7.17. The lowest BCUT2D eigenvalue weighted by Crippen LogP contribution is -2.42. The zero-order valence-electron chi connectivity index (χ0n) is 12.4. The number of piperidine rings is 1. The molecule has 0 amide bonds. The van der Waals surface area contributed by atoms with Crippen LogP contribution in [0.25, 0.3) is 0 Å². The third kappa shape index (κ3) is 3.51. The molecule has 1 fully saturated rings. The molecule has 110 valence electrons. The number of carbonyl (C=O) groups is 1. The zero-order chi connectivity index (χ0) is 14.5. The van der Waals surface area contributed by atoms with Crippen LogP contribution in [0.3, 0.4) is 0 Å². The first kappa shape index (κ1) is 14.9. The van der Waals surface area contributed by atoms with Crippen LogP contribution in [0.2, 0.25) is 0 Å². The molecule has 0 spiro atoms. The molecule has 20 heavy (non-hydrogen) atoms. The summed E-state index contributed by atoms with van der Waals surface area (Å²) in [6, 6.07) is 8.04. The van der Waals surface area contributed by atoms with E-state index in [4.69, 9.17) is 9.47 Å². The Morgan fingerprint density at radius 3 is 2.60 bits per heavy atom. The predicted molar refractivity (Wildman–Crippen MR) is 77.9 cm³/mol. The van der Waals surface area contributed by atoms with Crippen LogP contribution in [0.15, 0.2) is 24.3 Å². The molecule has 1 saturated heterocycles. The van der Waals surface area contributed by atoms with Crippen LogP contribution in [0.5, 0.6) is 5.75 Å². The van der Waals surface area contributed by atoms with Crippen LogP contribution in [0.4, 0.5) is 0 Å². The summed E-state index contributed by atoms with van der Waals surface area (Å²) < 4.78 is 10.8. The van der Waals surface area contributed by atoms with Gasteiger partial charge >= 0.3 is 5.97 Å². The van der Waals surface area contributed by atoms with Crippen molar-refractivity contribution in [3.05, 3.63) is 29.8 Å². The van der Waals surface area contributed by atoms with Gasteiger partial charge in [0.2, 0.25) is 0 Å². The van der Waals surface area contributed by atoms with Crippen molar-refractivity contribution in [1.82, 2.24) is 5.32 Å². The van der Waals surface area contributed by atoms with Gasteiger partial charge in [-0.3, -0.25) is 4.79 Å². The monoisotopic (exact) mass is 277 g/mol. The number of esters is 1. The Morgan fingerprint density at radius 1 is 1.30 bits per heavy atom. The minimum absolute atomic E-state index is 0.0894. The normalized spacial score (nSPS) is 22.6. The highest BCUT2D eigenvalue weighted by molar-refractivity contribution is 5.71. The minimum Gasteiger partial charge on any atom is -0.497 e. The lowest BCUT2D eigenvalue weighted by atomic mass is 9.87. The third-order valence-corrected chi connectivity index (χ3v) is 3.71. The summed E-state index contributed by atoms with van der Waals surface area (Å²) in [5, 5.41) is 3.30. The average Bonchev–Trinajstić information content (AvgIpc) is 2.48. The van der Waals surface area contributed by atoms with Gasteiger partial charge in [-0.25, -0.2) is 0 Å². The van der Waals surface area contributed by atoms with Crippen LogP contribution in [0.1, 0.15) is 31.7 Å². The van der Waals surface area contributed by atoms with E-state index in [1.54, 1.807) is 7.11 Å². The van der Waals surface area contributed by atoms with Gasteiger partial charge in [0.05, 0.1) is 13.0 Å². The molecule has 0 aliphatic carbocycles. The maximum absolute atomic E-state index is 11.8. The van der Waals surface area contributed by atoms with Gasteiger partial charge in [-0.1, -0.05) is 26.0 Å². The van der Waals surface area contributed by atoms with Crippen molar-refractivity contribution >= 4 is 5.97 Å². The lowest BCUT2D eigenvalue weighted by Gasteiger charge is -2.32. The molecule has 0 bridgehead atoms. The Bertz CT molecular complexity index is 442. The maximum Gasteiger partial charge on any atom is 0.308 e. The zero-order valence-corrected chi connectivity index (χ0v) is 12.4. The molecule has 4 nitrogen and oxygen atoms in total. The number of methoxy groups -OCH3 is 1. The lowest BCUT2D eigenvalue weighted by molar-refractivity contribution is -0.154. The second-order valence-corrected chi connectivity index (χ2v) is 5.50. The van der Waals surface area contributed by atoms with Gasteiger partial charge in [0.15, 0.2) is 0 Å². The van der Waals surface area contributed by atoms with Crippen molar-refractivity contribution in [2.24, 2.45) is 5.92 Å². The van der Waals surface area contributed by atoms with Gasteiger partial charge in [-0.15, -0.1) is 0 Å². The van der Waals surface area contributed by atoms with Crippen molar-refractivity contribution in [3.63, 3.8) is 0 Å². The van der Waals surface area contributed by atoms with Crippen LogP contribution in [-0.2, 0) is 9.53 Å². The number of benzene rings is 1. The van der Waals surface area contributed by atoms with Gasteiger partial charge < -0.3 is 14.8 Å². The van der Waals surface area contributed by atoms with Gasteiger partial charge in [-0.2, -0.15) is 0 Å². The fourth-order valence-corrected chi connectivity index (χ4v) is 2.47. The van der Waals surface area contributed by atoms with Gasteiger partial charge in [0.1, 0.15) is 11.9 Å². The van der Waals surface area contributed by atoms with Gasteiger partial charge in [0.25, 0.3) is 0 Å². The number of ether oxygens (including phenoxy) is 2. The summed E-state index contributed by atoms with van der Waals surface area (Å²) >= 11 is 0. The molecule has 2 rings (SSSR count). The highest BCUT2D eigenvalue weighted by Gasteiger charge is 2.30. The van der Waals surface area contributed by atoms with Crippen molar-refractivity contribution in [2.75, 3.05) is 20.2 Å². The summed E-state index contributed by atoms with van der Waals surface area (Å²) in [6.45, 7) is 5.39. The highest BCUT2D eigenvalue weighted by atomic mass is 16.5. The number of hydrogen-bond donors (Lipinski definition) is 1. The Morgan fingerprint density at radius 2 is 2.00 bits per heavy atom. The van der Waals surface area contributed by atoms with Crippen molar-refractivity contribution in [2.45, 2.75) is 32.3 Å². The maximum atomic E-state index is 11.8. The van der Waals surface area contributed by atoms with E-state index >= 15 is 0 Å². The Kier molecular flexibility index (Phi) is 5.01. The summed E-state index contributed by atoms with van der Waals surface area (Å²) in [5.41, 5.74) is 1.20. The molecule has 0 radical (unpaired) electrons. The quantitative estimate of drug-likeness (QED) is 0.858. The average molecular weight is 277 g/mol. The van der Waals surface area contributed by atoms with Crippen LogP contribution in [-0.4, -0.2) is 32.3 Å². The number of carbonyl (C=O) groups excluding carboxylic acids is 1. The molecule has 1 aromatic rings. The summed E-state index contributed by atoms with van der Waals surface area (Å²) in [5.74, 6) is 0.883. The largest absolute Gasteiger partial charge is 0.497 e. The van der Waals surface area contributed by atoms with Crippen molar-refractivity contribution in [3.8, 4) is 5.75 Å². The molecular weight excluding hydrogens is 254 g/mol. The van der Waals surface area contributed by atoms with Gasteiger partial charge in [-0.05, 0) is 30.7 Å². The minimum atomic E-state index is -0.128. The van der Waals surface area contributed by atoms with E-state index in [0.29, 0.717) is 0 Å². The molecule has 1 unspecified atom stereocenters. The molecular formula is C16H23NO3. The second kappa shape index (κ2) is 6.75. The molecule has 4 heteroatoms. The van der Waals surface area contributed by atoms with Crippen LogP contribution in [0, 0.1) is 5.92 Å². The Hall–Kier alpha value is -1.55. The van der Waals surface area contributed by atoms with E-state index in [1.807, 2.05) is 26.0 Å². The number of nitrogens with one attached hydrogen (secondary N) is 1. The topological polar surface area (TPSA) is 47.6 Å². The molecule has 1 N–H and O–H groups in total. The van der Waals surface area contributed by atoms with Crippen molar-refractivity contribution < 1.29 is 14.3 Å². The SMILES string of the molecule is COc1ccc(C2CCNC[C@H]2OC(=O)C(C)C)cc1. The Labute approximate surface area is 120 Å². The standard InChI is InChI=1S/C16H23NO3/c1-11(2)16(18)20-15-10-17-9-8-14(15)12-4-6-13(19-3)7-5-12/h4-7,11,14-15,17H,8-10H2,1-3H3/t14?,15-/m1/s1. The molecule has 2 atom stereocenters. The number of rotatable bonds is 4. The van der Waals surface area contributed by atoms with E-state index in [1.165, 1.54) is 5.56 Å². The van der Waals surface area contributed by atoms with Crippen LogP contribution < -0.4 is 10.1 Å². The summed E-state index contributed by atoms with van der Waals surface area (Å²) in [4.78, 5) is 11.8. The molecule has 1 aromatic carbocycles. The molecule has 1 heterocycles. The fraction of sp³-hybridized carbons (Fsp3) is 0.562. The molecule has 0 aromatic heterocycles. The van der Waals surface area contributed by atoms with E-state index in [-0.39, 0.29) is 23.9 Å². The second-order valence-electron chi connectivity index (χ2n) is 5.50. The third-order valence-electron chi connectivity index (χ3n) is 3.71. The predicted octanol–water partition coefficient (Wildman–Crippen LogP) is 2.34.